The van der Waals surface area contributed by atoms with E-state index in [9.17, 15) is 4.79 Å². The molecule has 0 spiro atoms. The van der Waals surface area contributed by atoms with Crippen molar-refractivity contribution in [2.45, 2.75) is 45.6 Å². The van der Waals surface area contributed by atoms with Crippen LogP contribution in [0.3, 0.4) is 0 Å². The Bertz CT molecular complexity index is 1310. The zero-order valence-electron chi connectivity index (χ0n) is 17.5. The van der Waals surface area contributed by atoms with Gasteiger partial charge in [-0.05, 0) is 43.9 Å². The van der Waals surface area contributed by atoms with E-state index in [1.54, 1.807) is 11.6 Å². The highest BCUT2D eigenvalue weighted by molar-refractivity contribution is 5.94. The minimum Gasteiger partial charge on any atom is -0.496 e. The zero-order valence-corrected chi connectivity index (χ0v) is 17.5. The highest BCUT2D eigenvalue weighted by atomic mass is 16.5. The average molecular weight is 403 g/mol. The molecule has 0 unspecified atom stereocenters. The highest BCUT2D eigenvalue weighted by Gasteiger charge is 2.26. The maximum Gasteiger partial charge on any atom is 0.262 e. The van der Waals surface area contributed by atoms with Crippen molar-refractivity contribution < 1.29 is 4.74 Å². The minimum atomic E-state index is -0.0327. The van der Waals surface area contributed by atoms with E-state index in [0.717, 1.165) is 24.8 Å². The van der Waals surface area contributed by atoms with Crippen molar-refractivity contribution in [1.82, 2.24) is 24.1 Å². The topological polar surface area (TPSA) is 74.3 Å². The van der Waals surface area contributed by atoms with E-state index in [1.807, 2.05) is 48.0 Å². The number of para-hydroxylation sites is 1. The van der Waals surface area contributed by atoms with Gasteiger partial charge in [0.2, 0.25) is 0 Å². The molecule has 3 heterocycles. The molecule has 154 valence electrons. The van der Waals surface area contributed by atoms with Gasteiger partial charge in [0.1, 0.15) is 11.6 Å². The Hall–Kier alpha value is -3.22. The fourth-order valence-corrected chi connectivity index (χ4v) is 4.76. The van der Waals surface area contributed by atoms with Crippen LogP contribution < -0.4 is 10.3 Å². The third-order valence-electron chi connectivity index (χ3n) is 6.25. The molecule has 3 aromatic heterocycles. The maximum atomic E-state index is 13.8. The number of benzene rings is 1. The molecule has 1 aliphatic rings. The summed E-state index contributed by atoms with van der Waals surface area (Å²) < 4.78 is 9.19. The van der Waals surface area contributed by atoms with E-state index < -0.39 is 0 Å². The molecule has 0 saturated heterocycles. The number of aryl methyl sites for hydroxylation is 1. The number of hydrogen-bond donors (Lipinski definition) is 0. The second kappa shape index (κ2) is 7.23. The van der Waals surface area contributed by atoms with Gasteiger partial charge in [0.25, 0.3) is 11.3 Å². The molecular weight excluding hydrogens is 378 g/mol. The van der Waals surface area contributed by atoms with E-state index in [4.69, 9.17) is 4.74 Å². The van der Waals surface area contributed by atoms with Crippen molar-refractivity contribution in [2.24, 2.45) is 5.92 Å². The molecule has 1 aromatic carbocycles. The molecule has 0 aliphatic heterocycles. The molecular formula is C23H25N5O2. The number of methoxy groups -OCH3 is 1. The number of nitrogens with zero attached hydrogens (tertiary/aromatic N) is 5. The fraction of sp³-hybridized carbons (Fsp3) is 0.391. The Morgan fingerprint density at radius 2 is 1.90 bits per heavy atom. The van der Waals surface area contributed by atoms with Crippen LogP contribution in [0, 0.1) is 12.8 Å². The highest BCUT2D eigenvalue weighted by Crippen LogP contribution is 2.35. The van der Waals surface area contributed by atoms with Crippen molar-refractivity contribution in [3.63, 3.8) is 0 Å². The summed E-state index contributed by atoms with van der Waals surface area (Å²) in [6.45, 7) is 4.07. The first-order valence-electron chi connectivity index (χ1n) is 10.5. The van der Waals surface area contributed by atoms with Gasteiger partial charge in [-0.3, -0.25) is 4.79 Å². The smallest absolute Gasteiger partial charge is 0.262 e. The number of rotatable bonds is 3. The van der Waals surface area contributed by atoms with Gasteiger partial charge in [0, 0.05) is 17.8 Å². The third-order valence-corrected chi connectivity index (χ3v) is 6.25. The molecule has 1 fully saturated rings. The van der Waals surface area contributed by atoms with Crippen LogP contribution in [0.5, 0.6) is 5.75 Å². The SMILES string of the molecule is COc1ccccc1-c1c2c(=O)n([C@@H]3CCCC[C@H]3C)ccc2nc2nc(C)nn12. The molecule has 0 bridgehead atoms. The molecule has 1 aliphatic carbocycles. The van der Waals surface area contributed by atoms with Gasteiger partial charge < -0.3 is 9.30 Å². The Kier molecular flexibility index (Phi) is 4.53. The first kappa shape index (κ1) is 18.8. The molecule has 0 radical (unpaired) electrons. The number of aromatic nitrogens is 5. The predicted octanol–water partition coefficient (Wildman–Crippen LogP) is 4.17. The van der Waals surface area contributed by atoms with E-state index in [-0.39, 0.29) is 11.6 Å². The summed E-state index contributed by atoms with van der Waals surface area (Å²) in [5.74, 6) is 2.23. The van der Waals surface area contributed by atoms with Crippen LogP contribution in [-0.4, -0.2) is 31.3 Å². The molecule has 0 N–H and O–H groups in total. The van der Waals surface area contributed by atoms with E-state index >= 15 is 0 Å². The number of fused-ring (bicyclic) bond motifs is 2. The van der Waals surface area contributed by atoms with Crippen molar-refractivity contribution in [2.75, 3.05) is 7.11 Å². The maximum absolute atomic E-state index is 13.8. The lowest BCUT2D eigenvalue weighted by Crippen LogP contribution is -2.31. The van der Waals surface area contributed by atoms with Crippen molar-refractivity contribution in [3.05, 3.63) is 52.7 Å². The Labute approximate surface area is 174 Å². The summed E-state index contributed by atoms with van der Waals surface area (Å²) in [5, 5.41) is 5.11. The summed E-state index contributed by atoms with van der Waals surface area (Å²) in [4.78, 5) is 22.9. The van der Waals surface area contributed by atoms with Gasteiger partial charge in [-0.25, -0.2) is 4.98 Å². The van der Waals surface area contributed by atoms with E-state index in [0.29, 0.717) is 39.9 Å². The summed E-state index contributed by atoms with van der Waals surface area (Å²) >= 11 is 0. The van der Waals surface area contributed by atoms with Crippen LogP contribution in [0.2, 0.25) is 0 Å². The van der Waals surface area contributed by atoms with Gasteiger partial charge in [-0.1, -0.05) is 31.9 Å². The van der Waals surface area contributed by atoms with Crippen molar-refractivity contribution in [1.29, 1.82) is 0 Å². The number of hydrogen-bond acceptors (Lipinski definition) is 5. The average Bonchev–Trinajstić information content (AvgIpc) is 3.13. The van der Waals surface area contributed by atoms with E-state index in [1.165, 1.54) is 6.42 Å². The first-order chi connectivity index (χ1) is 14.6. The van der Waals surface area contributed by atoms with Crippen LogP contribution in [0.25, 0.3) is 27.9 Å². The Morgan fingerprint density at radius 1 is 1.10 bits per heavy atom. The standard InChI is InChI=1S/C23H25N5O2/c1-14-8-4-6-10-18(14)27-13-12-17-20(22(27)29)21(16-9-5-7-11-19(16)30-3)28-23(25-17)24-15(2)26-28/h5,7,9,11-14,18H,4,6,8,10H2,1-3H3/t14-,18-/m1/s1. The Morgan fingerprint density at radius 3 is 2.70 bits per heavy atom. The fourth-order valence-electron chi connectivity index (χ4n) is 4.76. The zero-order chi connectivity index (χ0) is 20.8. The van der Waals surface area contributed by atoms with Crippen LogP contribution >= 0.6 is 0 Å². The molecule has 7 heteroatoms. The molecule has 5 rings (SSSR count). The van der Waals surface area contributed by atoms with Crippen LogP contribution in [-0.2, 0) is 0 Å². The largest absolute Gasteiger partial charge is 0.496 e. The molecule has 0 amide bonds. The van der Waals surface area contributed by atoms with Crippen LogP contribution in [0.15, 0.2) is 41.3 Å². The van der Waals surface area contributed by atoms with Crippen LogP contribution in [0.1, 0.15) is 44.5 Å². The second-order valence-corrected chi connectivity index (χ2v) is 8.15. The molecule has 4 aromatic rings. The monoisotopic (exact) mass is 403 g/mol. The first-order valence-corrected chi connectivity index (χ1v) is 10.5. The number of pyridine rings is 1. The van der Waals surface area contributed by atoms with Crippen molar-refractivity contribution >= 4 is 16.7 Å². The van der Waals surface area contributed by atoms with Crippen LogP contribution in [0.4, 0.5) is 0 Å². The van der Waals surface area contributed by atoms with Gasteiger partial charge in [-0.15, -0.1) is 5.10 Å². The molecule has 7 nitrogen and oxygen atoms in total. The summed E-state index contributed by atoms with van der Waals surface area (Å²) in [7, 11) is 1.63. The number of ether oxygens (including phenoxy) is 1. The molecule has 2 atom stereocenters. The Balaban J connectivity index is 1.89. The third kappa shape index (κ3) is 2.88. The lowest BCUT2D eigenvalue weighted by Gasteiger charge is -2.30. The summed E-state index contributed by atoms with van der Waals surface area (Å²) in [5.41, 5.74) is 2.07. The van der Waals surface area contributed by atoms with Gasteiger partial charge in [0.05, 0.1) is 23.7 Å². The molecule has 1 saturated carbocycles. The lowest BCUT2D eigenvalue weighted by atomic mass is 9.85. The molecule has 30 heavy (non-hydrogen) atoms. The van der Waals surface area contributed by atoms with Gasteiger partial charge in [-0.2, -0.15) is 9.50 Å². The lowest BCUT2D eigenvalue weighted by molar-refractivity contribution is 0.253. The summed E-state index contributed by atoms with van der Waals surface area (Å²) in [6.07, 6.45) is 6.45. The normalized spacial score (nSPS) is 19.4. The quantitative estimate of drug-likeness (QED) is 0.513. The predicted molar refractivity (Wildman–Crippen MR) is 116 cm³/mol. The minimum absolute atomic E-state index is 0.0327. The van der Waals surface area contributed by atoms with Gasteiger partial charge >= 0.3 is 0 Å². The van der Waals surface area contributed by atoms with Gasteiger partial charge in [0.15, 0.2) is 0 Å². The van der Waals surface area contributed by atoms with Crippen molar-refractivity contribution in [3.8, 4) is 17.0 Å². The second-order valence-electron chi connectivity index (χ2n) is 8.15. The van der Waals surface area contributed by atoms with E-state index in [2.05, 4.69) is 22.0 Å². The summed E-state index contributed by atoms with van der Waals surface area (Å²) in [6, 6.07) is 9.82.